The number of ether oxygens (including phenoxy) is 2. The minimum absolute atomic E-state index is 0.0744. The summed E-state index contributed by atoms with van der Waals surface area (Å²) in [6.45, 7) is 9.18. The molecule has 0 fully saturated rings. The maximum atomic E-state index is 12.1. The van der Waals surface area contributed by atoms with E-state index < -0.39 is 0 Å². The summed E-state index contributed by atoms with van der Waals surface area (Å²) < 4.78 is 10.9. The van der Waals surface area contributed by atoms with Crippen molar-refractivity contribution in [3.8, 4) is 11.5 Å². The van der Waals surface area contributed by atoms with E-state index in [2.05, 4.69) is 5.32 Å². The van der Waals surface area contributed by atoms with Gasteiger partial charge in [-0.15, -0.1) is 0 Å². The average molecular weight is 309 g/mol. The molecular formula is C17H29N2O3+. The molecule has 1 aromatic rings. The predicted molar refractivity (Wildman–Crippen MR) is 87.5 cm³/mol. The number of nitrogens with one attached hydrogen (secondary N) is 2. The van der Waals surface area contributed by atoms with Crippen LogP contribution in [0.5, 0.6) is 11.5 Å². The summed E-state index contributed by atoms with van der Waals surface area (Å²) in [5.41, 5.74) is 1.11. The summed E-state index contributed by atoms with van der Waals surface area (Å²) in [5.74, 6) is 1.55. The molecule has 0 bridgehead atoms. The van der Waals surface area contributed by atoms with Gasteiger partial charge in [-0.25, -0.2) is 0 Å². The van der Waals surface area contributed by atoms with Crippen LogP contribution in [0.1, 0.15) is 33.3 Å². The number of carbonyl (C=O) groups is 1. The van der Waals surface area contributed by atoms with E-state index >= 15 is 0 Å². The van der Waals surface area contributed by atoms with Crippen molar-refractivity contribution < 1.29 is 19.2 Å². The number of benzene rings is 1. The van der Waals surface area contributed by atoms with Crippen molar-refractivity contribution >= 4 is 5.91 Å². The highest BCUT2D eigenvalue weighted by Crippen LogP contribution is 2.27. The monoisotopic (exact) mass is 309 g/mol. The Morgan fingerprint density at radius 2 is 1.95 bits per heavy atom. The molecule has 0 radical (unpaired) electrons. The van der Waals surface area contributed by atoms with Crippen LogP contribution in [0.15, 0.2) is 18.2 Å². The van der Waals surface area contributed by atoms with Crippen LogP contribution in [-0.2, 0) is 11.3 Å². The number of hydrogen-bond donors (Lipinski definition) is 2. The maximum absolute atomic E-state index is 12.1. The molecule has 0 saturated heterocycles. The first-order valence-electron chi connectivity index (χ1n) is 7.81. The van der Waals surface area contributed by atoms with Crippen molar-refractivity contribution in [2.45, 2.75) is 46.3 Å². The van der Waals surface area contributed by atoms with Gasteiger partial charge in [-0.3, -0.25) is 4.79 Å². The summed E-state index contributed by atoms with van der Waals surface area (Å²) in [5, 5.41) is 2.95. The zero-order valence-electron chi connectivity index (χ0n) is 14.5. The molecule has 1 aromatic carbocycles. The first-order valence-corrected chi connectivity index (χ1v) is 7.81. The van der Waals surface area contributed by atoms with E-state index in [9.17, 15) is 4.79 Å². The SMILES string of the molecule is CCOc1ccc(C[NH+](C)[C@H](C)C(=O)NC(C)C)cc1OC. The first kappa shape index (κ1) is 18.3. The van der Waals surface area contributed by atoms with Gasteiger partial charge in [0.2, 0.25) is 0 Å². The van der Waals surface area contributed by atoms with E-state index in [1.54, 1.807) is 7.11 Å². The molecule has 5 heteroatoms. The number of quaternary nitrogens is 1. The lowest BCUT2D eigenvalue weighted by Crippen LogP contribution is -3.12. The lowest BCUT2D eigenvalue weighted by atomic mass is 10.1. The predicted octanol–water partition coefficient (Wildman–Crippen LogP) is 1.02. The highest BCUT2D eigenvalue weighted by Gasteiger charge is 2.22. The van der Waals surface area contributed by atoms with Gasteiger partial charge in [0.05, 0.1) is 20.8 Å². The van der Waals surface area contributed by atoms with Gasteiger partial charge in [0.1, 0.15) is 6.54 Å². The highest BCUT2D eigenvalue weighted by atomic mass is 16.5. The molecule has 0 spiro atoms. The number of amides is 1. The largest absolute Gasteiger partial charge is 0.493 e. The van der Waals surface area contributed by atoms with Crippen LogP contribution in [0.4, 0.5) is 0 Å². The van der Waals surface area contributed by atoms with Gasteiger partial charge in [-0.2, -0.15) is 0 Å². The minimum atomic E-state index is -0.111. The minimum Gasteiger partial charge on any atom is -0.493 e. The number of likely N-dealkylation sites (N-methyl/N-ethyl adjacent to an activating group) is 1. The topological polar surface area (TPSA) is 52.0 Å². The third-order valence-electron chi connectivity index (χ3n) is 3.57. The fourth-order valence-electron chi connectivity index (χ4n) is 2.21. The van der Waals surface area contributed by atoms with E-state index in [1.165, 1.54) is 0 Å². The quantitative estimate of drug-likeness (QED) is 0.754. The molecule has 22 heavy (non-hydrogen) atoms. The summed E-state index contributed by atoms with van der Waals surface area (Å²) in [6.07, 6.45) is 0. The molecule has 0 aliphatic carbocycles. The van der Waals surface area contributed by atoms with E-state index in [1.807, 2.05) is 52.9 Å². The third kappa shape index (κ3) is 5.22. The normalized spacial score (nSPS) is 13.6. The third-order valence-corrected chi connectivity index (χ3v) is 3.57. The van der Waals surface area contributed by atoms with Crippen LogP contribution < -0.4 is 19.7 Å². The van der Waals surface area contributed by atoms with Crippen molar-refractivity contribution in [1.82, 2.24) is 5.32 Å². The standard InChI is InChI=1S/C17H28N2O3/c1-7-22-15-9-8-14(10-16(15)21-6)11-19(5)13(4)17(20)18-12(2)3/h8-10,12-13H,7,11H2,1-6H3,(H,18,20)/p+1/t13-/m1/s1. The zero-order valence-corrected chi connectivity index (χ0v) is 14.5. The van der Waals surface area contributed by atoms with Crippen molar-refractivity contribution in [3.63, 3.8) is 0 Å². The highest BCUT2D eigenvalue weighted by molar-refractivity contribution is 5.80. The van der Waals surface area contributed by atoms with Crippen molar-refractivity contribution in [2.75, 3.05) is 20.8 Å². The molecule has 0 heterocycles. The van der Waals surface area contributed by atoms with Crippen LogP contribution in [0.3, 0.4) is 0 Å². The molecule has 1 amide bonds. The van der Waals surface area contributed by atoms with E-state index in [4.69, 9.17) is 9.47 Å². The van der Waals surface area contributed by atoms with Gasteiger partial charge < -0.3 is 19.7 Å². The average Bonchev–Trinajstić information content (AvgIpc) is 2.47. The van der Waals surface area contributed by atoms with Gasteiger partial charge >= 0.3 is 0 Å². The molecule has 124 valence electrons. The van der Waals surface area contributed by atoms with Crippen molar-refractivity contribution in [2.24, 2.45) is 0 Å². The van der Waals surface area contributed by atoms with Crippen LogP contribution >= 0.6 is 0 Å². The summed E-state index contributed by atoms with van der Waals surface area (Å²) in [4.78, 5) is 13.2. The fourth-order valence-corrected chi connectivity index (χ4v) is 2.21. The lowest BCUT2D eigenvalue weighted by molar-refractivity contribution is -0.908. The smallest absolute Gasteiger partial charge is 0.278 e. The first-order chi connectivity index (χ1) is 10.4. The second-order valence-corrected chi connectivity index (χ2v) is 5.83. The van der Waals surface area contributed by atoms with E-state index in [0.29, 0.717) is 6.61 Å². The molecule has 0 aliphatic rings. The molecule has 1 unspecified atom stereocenters. The fraction of sp³-hybridized carbons (Fsp3) is 0.588. The van der Waals surface area contributed by atoms with Gasteiger partial charge in [0, 0.05) is 11.6 Å². The molecular weight excluding hydrogens is 280 g/mol. The molecule has 2 atom stereocenters. The summed E-state index contributed by atoms with van der Waals surface area (Å²) in [7, 11) is 3.66. The summed E-state index contributed by atoms with van der Waals surface area (Å²) in [6, 6.07) is 5.96. The maximum Gasteiger partial charge on any atom is 0.278 e. The molecule has 0 aliphatic heterocycles. The Labute approximate surface area is 133 Å². The number of hydrogen-bond acceptors (Lipinski definition) is 3. The van der Waals surface area contributed by atoms with Crippen LogP contribution in [-0.4, -0.2) is 38.8 Å². The van der Waals surface area contributed by atoms with Gasteiger partial charge in [-0.1, -0.05) is 0 Å². The number of methoxy groups -OCH3 is 1. The van der Waals surface area contributed by atoms with Gasteiger partial charge in [0.15, 0.2) is 17.5 Å². The molecule has 2 N–H and O–H groups in total. The molecule has 0 aromatic heterocycles. The second kappa shape index (κ2) is 8.63. The van der Waals surface area contributed by atoms with Crippen molar-refractivity contribution in [1.29, 1.82) is 0 Å². The van der Waals surface area contributed by atoms with Crippen LogP contribution in [0, 0.1) is 0 Å². The molecule has 1 rings (SSSR count). The van der Waals surface area contributed by atoms with Crippen LogP contribution in [0.2, 0.25) is 0 Å². The van der Waals surface area contributed by atoms with Crippen LogP contribution in [0.25, 0.3) is 0 Å². The van der Waals surface area contributed by atoms with Crippen molar-refractivity contribution in [3.05, 3.63) is 23.8 Å². The Kier molecular flexibility index (Phi) is 7.18. The zero-order chi connectivity index (χ0) is 16.7. The Morgan fingerprint density at radius 1 is 1.27 bits per heavy atom. The lowest BCUT2D eigenvalue weighted by Gasteiger charge is -2.22. The second-order valence-electron chi connectivity index (χ2n) is 5.83. The molecule has 0 saturated carbocycles. The Morgan fingerprint density at radius 3 is 2.50 bits per heavy atom. The van der Waals surface area contributed by atoms with E-state index in [-0.39, 0.29) is 18.0 Å². The van der Waals surface area contributed by atoms with Gasteiger partial charge in [-0.05, 0) is 45.9 Å². The summed E-state index contributed by atoms with van der Waals surface area (Å²) >= 11 is 0. The Hall–Kier alpha value is -1.75. The van der Waals surface area contributed by atoms with E-state index in [0.717, 1.165) is 28.5 Å². The number of rotatable bonds is 8. The van der Waals surface area contributed by atoms with Gasteiger partial charge in [0.25, 0.3) is 5.91 Å². The Balaban J connectivity index is 2.75. The molecule has 5 nitrogen and oxygen atoms in total. The number of carbonyl (C=O) groups excluding carboxylic acids is 1. The Bertz CT molecular complexity index is 489.